The monoisotopic (exact) mass is 386 g/mol. The van der Waals surface area contributed by atoms with Gasteiger partial charge in [-0.25, -0.2) is 5.10 Å². The molecule has 1 N–H and O–H groups in total. The molecule has 0 saturated heterocycles. The number of hydrogen-bond acceptors (Lipinski definition) is 4. The van der Waals surface area contributed by atoms with Crippen LogP contribution in [-0.4, -0.2) is 21.1 Å². The third-order valence-corrected chi connectivity index (χ3v) is 4.34. The molecule has 3 aromatic rings. The van der Waals surface area contributed by atoms with Crippen LogP contribution in [0.3, 0.4) is 0 Å². The molecule has 1 aromatic heterocycles. The van der Waals surface area contributed by atoms with Crippen LogP contribution in [0, 0.1) is 4.77 Å². The van der Waals surface area contributed by atoms with E-state index in [9.17, 15) is 0 Å². The molecule has 0 atom stereocenters. The normalized spacial score (nSPS) is 11.4. The first-order valence-corrected chi connectivity index (χ1v) is 9.00. The summed E-state index contributed by atoms with van der Waals surface area (Å²) in [5.41, 5.74) is 2.28. The van der Waals surface area contributed by atoms with Crippen LogP contribution in [0.4, 0.5) is 0 Å². The summed E-state index contributed by atoms with van der Waals surface area (Å²) < 4.78 is 7.68. The van der Waals surface area contributed by atoms with Gasteiger partial charge in [-0.15, -0.1) is 0 Å². The van der Waals surface area contributed by atoms with Crippen LogP contribution in [0.5, 0.6) is 5.75 Å². The molecule has 1 heterocycles. The molecule has 0 bridgehead atoms. The van der Waals surface area contributed by atoms with Crippen molar-refractivity contribution >= 4 is 30.0 Å². The van der Waals surface area contributed by atoms with Gasteiger partial charge in [0, 0.05) is 5.02 Å². The fraction of sp³-hybridized carbons (Fsp3) is 0.211. The van der Waals surface area contributed by atoms with E-state index in [2.05, 4.69) is 41.3 Å². The molecular formula is C19H19ClN4OS. The van der Waals surface area contributed by atoms with Gasteiger partial charge in [0.25, 0.3) is 0 Å². The van der Waals surface area contributed by atoms with Crippen molar-refractivity contribution in [1.82, 2.24) is 14.9 Å². The summed E-state index contributed by atoms with van der Waals surface area (Å²) in [7, 11) is 0. The Bertz CT molecular complexity index is 943. The minimum Gasteiger partial charge on any atom is -0.486 e. The maximum atomic E-state index is 5.87. The maximum Gasteiger partial charge on any atom is 0.216 e. The smallest absolute Gasteiger partial charge is 0.216 e. The fourth-order valence-electron chi connectivity index (χ4n) is 2.31. The molecule has 0 aliphatic rings. The first kappa shape index (κ1) is 18.4. The fourth-order valence-corrected chi connectivity index (χ4v) is 2.63. The van der Waals surface area contributed by atoms with Gasteiger partial charge in [-0.05, 0) is 53.5 Å². The SMILES string of the molecule is CC(C)c1ccc(/C=N\n2c(COc3ccc(Cl)cc3)n[nH]c2=S)cc1. The standard InChI is InChI=1S/C19H19ClN4OS/c1-13(2)15-5-3-14(4-6-15)11-21-24-18(22-23-19(24)26)12-25-17-9-7-16(20)8-10-17/h3-11,13H,12H2,1-2H3,(H,23,26)/b21-11-. The molecule has 0 spiro atoms. The second-order valence-corrected chi connectivity index (χ2v) is 6.89. The number of halogens is 1. The highest BCUT2D eigenvalue weighted by atomic mass is 35.5. The summed E-state index contributed by atoms with van der Waals surface area (Å²) in [5, 5.41) is 12.0. The molecule has 0 aliphatic heterocycles. The van der Waals surface area contributed by atoms with Crippen LogP contribution in [0.25, 0.3) is 0 Å². The van der Waals surface area contributed by atoms with Gasteiger partial charge in [0.2, 0.25) is 4.77 Å². The summed E-state index contributed by atoms with van der Waals surface area (Å²) in [6.45, 7) is 4.57. The Morgan fingerprint density at radius 1 is 1.19 bits per heavy atom. The lowest BCUT2D eigenvalue weighted by atomic mass is 10.0. The molecule has 0 unspecified atom stereocenters. The van der Waals surface area contributed by atoms with Crippen LogP contribution in [0.15, 0.2) is 53.6 Å². The summed E-state index contributed by atoms with van der Waals surface area (Å²) in [6.07, 6.45) is 1.75. The van der Waals surface area contributed by atoms with Crippen molar-refractivity contribution in [3.05, 3.63) is 75.3 Å². The van der Waals surface area contributed by atoms with Crippen molar-refractivity contribution < 1.29 is 4.74 Å². The summed E-state index contributed by atoms with van der Waals surface area (Å²) >= 11 is 11.1. The Kier molecular flexibility index (Phi) is 5.85. The molecule has 134 valence electrons. The van der Waals surface area contributed by atoms with Gasteiger partial charge < -0.3 is 4.74 Å². The highest BCUT2D eigenvalue weighted by molar-refractivity contribution is 7.71. The van der Waals surface area contributed by atoms with E-state index in [1.165, 1.54) is 5.56 Å². The second-order valence-electron chi connectivity index (χ2n) is 6.07. The number of nitrogens with zero attached hydrogens (tertiary/aromatic N) is 3. The van der Waals surface area contributed by atoms with Gasteiger partial charge in [0.1, 0.15) is 12.4 Å². The number of aromatic nitrogens is 3. The van der Waals surface area contributed by atoms with Gasteiger partial charge in [-0.1, -0.05) is 49.7 Å². The molecule has 0 radical (unpaired) electrons. The molecule has 0 fully saturated rings. The number of aromatic amines is 1. The quantitative estimate of drug-likeness (QED) is 0.469. The molecular weight excluding hydrogens is 368 g/mol. The summed E-state index contributed by atoms with van der Waals surface area (Å²) in [4.78, 5) is 0. The number of rotatable bonds is 6. The predicted octanol–water partition coefficient (Wildman–Crippen LogP) is 5.18. The Morgan fingerprint density at radius 2 is 1.88 bits per heavy atom. The highest BCUT2D eigenvalue weighted by Gasteiger charge is 2.06. The molecule has 7 heteroatoms. The van der Waals surface area contributed by atoms with E-state index in [0.717, 1.165) is 5.56 Å². The van der Waals surface area contributed by atoms with Gasteiger partial charge in [0.15, 0.2) is 5.82 Å². The Morgan fingerprint density at radius 3 is 2.54 bits per heavy atom. The maximum absolute atomic E-state index is 5.87. The van der Waals surface area contributed by atoms with E-state index in [1.807, 2.05) is 12.1 Å². The molecule has 0 saturated carbocycles. The Labute approximate surface area is 162 Å². The lowest BCUT2D eigenvalue weighted by Crippen LogP contribution is -2.04. The van der Waals surface area contributed by atoms with Crippen LogP contribution in [-0.2, 0) is 6.61 Å². The van der Waals surface area contributed by atoms with Crippen molar-refractivity contribution in [2.45, 2.75) is 26.4 Å². The van der Waals surface area contributed by atoms with Gasteiger partial charge in [-0.2, -0.15) is 14.9 Å². The average Bonchev–Trinajstić information content (AvgIpc) is 2.99. The van der Waals surface area contributed by atoms with E-state index >= 15 is 0 Å². The zero-order chi connectivity index (χ0) is 18.5. The number of hydrogen-bond donors (Lipinski definition) is 1. The summed E-state index contributed by atoms with van der Waals surface area (Å²) in [5.74, 6) is 1.78. The third-order valence-electron chi connectivity index (χ3n) is 3.82. The van der Waals surface area contributed by atoms with E-state index in [4.69, 9.17) is 28.6 Å². The largest absolute Gasteiger partial charge is 0.486 e. The topological polar surface area (TPSA) is 55.2 Å². The van der Waals surface area contributed by atoms with Gasteiger partial charge >= 0.3 is 0 Å². The molecule has 0 aliphatic carbocycles. The van der Waals surface area contributed by atoms with Crippen molar-refractivity contribution in [2.24, 2.45) is 5.10 Å². The van der Waals surface area contributed by atoms with E-state index in [1.54, 1.807) is 35.2 Å². The molecule has 0 amide bonds. The minimum atomic E-state index is 0.235. The van der Waals surface area contributed by atoms with Crippen LogP contribution in [0.2, 0.25) is 5.02 Å². The molecule has 2 aromatic carbocycles. The van der Waals surface area contributed by atoms with Gasteiger partial charge in [0.05, 0.1) is 6.21 Å². The third kappa shape index (κ3) is 4.59. The van der Waals surface area contributed by atoms with Crippen molar-refractivity contribution in [1.29, 1.82) is 0 Å². The lowest BCUT2D eigenvalue weighted by molar-refractivity contribution is 0.290. The molecule has 5 nitrogen and oxygen atoms in total. The molecule has 26 heavy (non-hydrogen) atoms. The Balaban J connectivity index is 1.72. The lowest BCUT2D eigenvalue weighted by Gasteiger charge is -2.06. The van der Waals surface area contributed by atoms with Crippen molar-refractivity contribution in [2.75, 3.05) is 0 Å². The van der Waals surface area contributed by atoms with E-state index in [0.29, 0.717) is 27.3 Å². The van der Waals surface area contributed by atoms with E-state index < -0.39 is 0 Å². The first-order valence-electron chi connectivity index (χ1n) is 8.22. The molecule has 3 rings (SSSR count). The van der Waals surface area contributed by atoms with Crippen LogP contribution < -0.4 is 4.74 Å². The number of H-pyrrole nitrogens is 1. The van der Waals surface area contributed by atoms with Crippen molar-refractivity contribution in [3.63, 3.8) is 0 Å². The van der Waals surface area contributed by atoms with Crippen molar-refractivity contribution in [3.8, 4) is 5.75 Å². The minimum absolute atomic E-state index is 0.235. The van der Waals surface area contributed by atoms with Crippen LogP contribution in [0.1, 0.15) is 36.7 Å². The second kappa shape index (κ2) is 8.29. The highest BCUT2D eigenvalue weighted by Crippen LogP contribution is 2.17. The summed E-state index contributed by atoms with van der Waals surface area (Å²) in [6, 6.07) is 15.4. The average molecular weight is 387 g/mol. The Hall–Kier alpha value is -2.44. The number of benzene rings is 2. The zero-order valence-electron chi connectivity index (χ0n) is 14.5. The number of ether oxygens (including phenoxy) is 1. The van der Waals surface area contributed by atoms with Crippen LogP contribution >= 0.6 is 23.8 Å². The zero-order valence-corrected chi connectivity index (χ0v) is 16.1. The first-order chi connectivity index (χ1) is 12.5. The predicted molar refractivity (Wildman–Crippen MR) is 107 cm³/mol. The van der Waals surface area contributed by atoms with E-state index in [-0.39, 0.29) is 6.61 Å². The van der Waals surface area contributed by atoms with Gasteiger partial charge in [-0.3, -0.25) is 0 Å². The number of nitrogens with one attached hydrogen (secondary N) is 1.